The van der Waals surface area contributed by atoms with Gasteiger partial charge in [-0.25, -0.2) is 9.59 Å². The number of nitrogens with two attached hydrogens (primary N) is 1. The highest BCUT2D eigenvalue weighted by Crippen LogP contribution is 2.72. The number of ether oxygens (including phenoxy) is 8. The SMILES string of the molecule is CCOP(=O)(CCN)OCC.CCOP(=O)(CCNc1ccc2[nH]c3c(c2c1)CCN1C[C@@H](C[C@@](O)(CC)C1)C[C@]3(C(=O)OC)c1cc2c(cc1OC)N(C=O)[C@H]1[C@@](O)(C(=O)OC)[C@H](OC(C)=O)[C@]3(CC)C=CCN4CC[C@]21[C@@H]43)OCC.CC[C@]1(O)C[C@@H]2CN(CCc3c([nH]c4ccc(I)cc34)[C@@](C(=O)OC)(c3cc4c(cc3OC)N(C)[C@H]3[C@@](O)(C(=O)OC)[C@H](OC(C)=O)[C@]5(CC)C=CCN6CC[C@]43[C@@H]65)C2)C1. The minimum Gasteiger partial charge on any atom is -0.496 e. The molecule has 776 valence electrons. The lowest BCUT2D eigenvalue weighted by atomic mass is 9.47. The average Bonchev–Trinajstić information content (AvgIpc) is 1.48. The van der Waals surface area contributed by atoms with Crippen LogP contribution in [0.4, 0.5) is 17.1 Å². The largest absolute Gasteiger partial charge is 0.496 e. The molecule has 38 heteroatoms. The van der Waals surface area contributed by atoms with Gasteiger partial charge in [-0.2, -0.15) is 0 Å². The summed E-state index contributed by atoms with van der Waals surface area (Å²) in [6.07, 6.45) is 11.8. The zero-order valence-electron chi connectivity index (χ0n) is 84.9. The molecule has 4 aromatic carbocycles. The maximum atomic E-state index is 15.7. The molecule has 2 aromatic heterocycles. The summed E-state index contributed by atoms with van der Waals surface area (Å²) < 4.78 is 94.9. The molecular formula is C104H143IN10O25P2. The van der Waals surface area contributed by atoms with Crippen molar-refractivity contribution in [2.24, 2.45) is 28.4 Å². The molecule has 20 atom stereocenters. The first-order chi connectivity index (χ1) is 67.8. The predicted molar refractivity (Wildman–Crippen MR) is 543 cm³/mol. The van der Waals surface area contributed by atoms with E-state index in [0.29, 0.717) is 209 Å². The Morgan fingerprint density at radius 1 is 0.528 bits per heavy atom. The second-order valence-corrected chi connectivity index (χ2v) is 46.3. The number of amides is 1. The van der Waals surface area contributed by atoms with Crippen molar-refractivity contribution in [3.8, 4) is 11.5 Å². The number of aliphatic hydroxyl groups is 4. The van der Waals surface area contributed by atoms with Gasteiger partial charge in [0, 0.05) is 191 Å². The maximum absolute atomic E-state index is 15.7. The summed E-state index contributed by atoms with van der Waals surface area (Å²) in [5.41, 5.74) is 0.430. The van der Waals surface area contributed by atoms with Crippen LogP contribution in [0, 0.1) is 26.2 Å². The molecule has 4 bridgehead atoms. The highest BCUT2D eigenvalue weighted by atomic mass is 127. The molecule has 4 saturated heterocycles. The van der Waals surface area contributed by atoms with Gasteiger partial charge in [0.2, 0.25) is 17.6 Å². The number of aromatic amines is 2. The highest BCUT2D eigenvalue weighted by Gasteiger charge is 2.83. The van der Waals surface area contributed by atoms with Gasteiger partial charge in [0.15, 0.2) is 12.2 Å². The Morgan fingerprint density at radius 3 is 1.38 bits per heavy atom. The van der Waals surface area contributed by atoms with Crippen LogP contribution < -0.4 is 30.3 Å². The minimum absolute atomic E-state index is 0.103. The molecule has 12 aliphatic rings. The number of methoxy groups -OCH3 is 6. The van der Waals surface area contributed by atoms with E-state index < -0.39 is 136 Å². The van der Waals surface area contributed by atoms with Crippen LogP contribution in [0.1, 0.15) is 178 Å². The van der Waals surface area contributed by atoms with E-state index in [1.165, 1.54) is 47.2 Å². The summed E-state index contributed by atoms with van der Waals surface area (Å²) >= 11 is 2.33. The summed E-state index contributed by atoms with van der Waals surface area (Å²) in [6.45, 7) is 25.5. The maximum Gasteiger partial charge on any atom is 0.344 e. The first-order valence-corrected chi connectivity index (χ1v) is 54.7. The van der Waals surface area contributed by atoms with Crippen molar-refractivity contribution >= 4 is 119 Å². The smallest absolute Gasteiger partial charge is 0.344 e. The Bertz CT molecular complexity index is 5960. The van der Waals surface area contributed by atoms with E-state index in [4.69, 9.17) is 61.7 Å². The Balaban J connectivity index is 0.000000186. The molecular weight excluding hydrogens is 1980 g/mol. The highest BCUT2D eigenvalue weighted by molar-refractivity contribution is 14.1. The number of carbonyl (C=O) groups is 7. The van der Waals surface area contributed by atoms with E-state index in [2.05, 4.69) is 93.9 Å². The van der Waals surface area contributed by atoms with Gasteiger partial charge in [0.25, 0.3) is 0 Å². The van der Waals surface area contributed by atoms with E-state index in [-0.39, 0.29) is 49.4 Å². The number of hydrogen-bond donors (Lipinski definition) is 8. The van der Waals surface area contributed by atoms with E-state index >= 15 is 9.59 Å². The van der Waals surface area contributed by atoms with Crippen LogP contribution in [0.3, 0.4) is 0 Å². The molecule has 2 unspecified atom stereocenters. The third-order valence-electron chi connectivity index (χ3n) is 33.7. The van der Waals surface area contributed by atoms with Gasteiger partial charge in [-0.3, -0.25) is 52.7 Å². The number of H-pyrrole nitrogens is 2. The number of halogens is 1. The van der Waals surface area contributed by atoms with Crippen LogP contribution in [0.15, 0.2) is 85.0 Å². The van der Waals surface area contributed by atoms with Crippen LogP contribution in [0.5, 0.6) is 11.5 Å². The summed E-state index contributed by atoms with van der Waals surface area (Å²) in [5.74, 6) is -3.87. The van der Waals surface area contributed by atoms with Crippen molar-refractivity contribution in [3.63, 3.8) is 0 Å². The molecule has 12 heterocycles. The van der Waals surface area contributed by atoms with Gasteiger partial charge in [0.05, 0.1) is 110 Å². The second-order valence-electron chi connectivity index (χ2n) is 40.7. The fourth-order valence-corrected chi connectivity index (χ4v) is 32.1. The summed E-state index contributed by atoms with van der Waals surface area (Å²) in [5, 5.41) is 56.3. The van der Waals surface area contributed by atoms with Crippen LogP contribution in [-0.4, -0.2) is 318 Å². The topological polar surface area (TPSA) is 434 Å². The normalized spacial score (nSPS) is 32.8. The standard InChI is InChI=1S/C52H70N5O13P.C46H57IN4O9.C6H16NO3P/c1-9-48(62)27-33-28-51(46(60)66-7,42-35(16-21-55(29-33)30-48)36-24-34(14-15-39(36)54-42)53-19-23-71(64,68-11-3)69-12-4)38-25-37-40(26-41(38)65-6)57(31-58)44-50(37)18-22-56-20-13-17-49(10-2,43(50)56)45(70-32(5)59)52(44,63)47(61)67-8;1-8-42(55)22-27-23-45(40(53)58-6,36-29(13-17-50(24-27)25-42)30-19-28(47)11-12-33(30)48-36)32-20-31-34(21-35(32)57-5)49(4)38-44(31)15-18-51-16-10-14-43(9-2,37(44)51)39(60-26(3)52)46(38,56)41(54)59-7;1-3-9-11(8,6-5-7)10-4-2/h13-15,17,24-26,31,33,43-45,53-54,62-63H,9-12,16,18-23,27-30H2,1-8H3;10-12,14,19-21,27,37-39,48,55-56H,8-9,13,15-18,22-25H2,1-7H3;3-7H2,1-2H3/t33-,43-,44+,45+,48-,49+,50+,51-,52-;27-,37-,38+,39+,42-,43+,44+,45-,46-;/m00./s1. The minimum atomic E-state index is -3.33. The number of anilines is 3. The Morgan fingerprint density at radius 2 is 0.958 bits per heavy atom. The van der Waals surface area contributed by atoms with Crippen molar-refractivity contribution in [2.45, 2.75) is 227 Å². The number of hydrogen-bond acceptors (Lipinski definition) is 32. The van der Waals surface area contributed by atoms with Gasteiger partial charge in [0.1, 0.15) is 22.3 Å². The second kappa shape index (κ2) is 40.7. The molecule has 1 amide bonds. The van der Waals surface area contributed by atoms with E-state index in [0.717, 1.165) is 66.2 Å². The molecule has 0 radical (unpaired) electrons. The first-order valence-electron chi connectivity index (χ1n) is 50.2. The first kappa shape index (κ1) is 106. The molecule has 10 aliphatic heterocycles. The molecule has 35 nitrogen and oxygen atoms in total. The quantitative estimate of drug-likeness (QED) is 0.00540. The van der Waals surface area contributed by atoms with Crippen LogP contribution in [-0.2, 0) is 124 Å². The third kappa shape index (κ3) is 16.9. The van der Waals surface area contributed by atoms with Gasteiger partial charge in [-0.1, -0.05) is 52.0 Å². The van der Waals surface area contributed by atoms with E-state index in [1.807, 2.05) is 82.1 Å². The molecule has 2 spiro atoms. The molecule has 2 saturated carbocycles. The van der Waals surface area contributed by atoms with Crippen molar-refractivity contribution in [1.82, 2.24) is 29.6 Å². The average molecular weight is 2120 g/mol. The van der Waals surface area contributed by atoms with Crippen LogP contribution in [0.2, 0.25) is 0 Å². The fourth-order valence-electron chi connectivity index (χ4n) is 28.7. The summed E-state index contributed by atoms with van der Waals surface area (Å²) in [7, 11) is 4.02. The Hall–Kier alpha value is -8.40. The fraction of sp³-hybridized carbons (Fsp3) is 0.625. The number of carbonyl (C=O) groups excluding carboxylic acids is 7. The zero-order chi connectivity index (χ0) is 102. The number of benzene rings is 4. The van der Waals surface area contributed by atoms with Gasteiger partial charge >= 0.3 is 51.0 Å². The van der Waals surface area contributed by atoms with Crippen molar-refractivity contribution < 1.29 is 119 Å². The predicted octanol–water partition coefficient (Wildman–Crippen LogP) is 11.0. The Kier molecular flexibility index (Phi) is 30.5. The number of likely N-dealkylation sites (N-methyl/N-ethyl adjacent to an activating group) is 1. The molecule has 142 heavy (non-hydrogen) atoms. The molecule has 6 aromatic rings. The van der Waals surface area contributed by atoms with E-state index in [9.17, 15) is 53.5 Å². The third-order valence-corrected chi connectivity index (χ3v) is 38.5. The van der Waals surface area contributed by atoms with E-state index in [1.54, 1.807) is 40.9 Å². The molecule has 18 rings (SSSR count). The number of rotatable bonds is 29. The number of piperidine rings is 2. The zero-order valence-corrected chi connectivity index (χ0v) is 88.8. The van der Waals surface area contributed by atoms with Crippen molar-refractivity contribution in [2.75, 3.05) is 182 Å². The lowest BCUT2D eigenvalue weighted by Gasteiger charge is -2.63. The van der Waals surface area contributed by atoms with Gasteiger partial charge in [-0.05, 0) is 223 Å². The van der Waals surface area contributed by atoms with Gasteiger partial charge < -0.3 is 107 Å². The molecule has 2 aliphatic carbocycles. The number of aromatic nitrogens is 2. The van der Waals surface area contributed by atoms with Crippen LogP contribution in [0.25, 0.3) is 21.8 Å². The lowest BCUT2D eigenvalue weighted by molar-refractivity contribution is -0.229. The number of fused-ring (bicyclic) bond motifs is 12. The van der Waals surface area contributed by atoms with Crippen molar-refractivity contribution in [3.05, 3.63) is 133 Å². The monoisotopic (exact) mass is 2120 g/mol. The van der Waals surface area contributed by atoms with Crippen LogP contribution >= 0.6 is 37.8 Å². The molecule has 9 N–H and O–H groups in total. The summed E-state index contributed by atoms with van der Waals surface area (Å²) in [6, 6.07) is 16.8. The lowest BCUT2D eigenvalue weighted by Crippen LogP contribution is -2.81. The van der Waals surface area contributed by atoms with Crippen molar-refractivity contribution in [1.29, 1.82) is 0 Å². The Labute approximate surface area is 844 Å². The number of nitrogens with zero attached hydrogens (tertiary/aromatic N) is 6. The summed E-state index contributed by atoms with van der Waals surface area (Å²) in [4.78, 5) is 120. The molecule has 6 fully saturated rings. The number of esters is 6. The number of nitrogens with one attached hydrogen (secondary N) is 3. The van der Waals surface area contributed by atoms with Gasteiger partial charge in [-0.15, -0.1) is 0 Å².